The summed E-state index contributed by atoms with van der Waals surface area (Å²) in [7, 11) is 2.24. The van der Waals surface area contributed by atoms with Gasteiger partial charge in [-0.15, -0.1) is 0 Å². The van der Waals surface area contributed by atoms with Gasteiger partial charge in [0.15, 0.2) is 0 Å². The highest BCUT2D eigenvalue weighted by Gasteiger charge is 2.44. The van der Waals surface area contributed by atoms with Crippen molar-refractivity contribution in [2.24, 2.45) is 0 Å². The van der Waals surface area contributed by atoms with Crippen LogP contribution in [0.1, 0.15) is 35.8 Å². The number of likely N-dealkylation sites (N-methyl/N-ethyl adjacent to an activating group) is 1. The topological polar surface area (TPSA) is 19.0 Å². The molecule has 0 saturated carbocycles. The fourth-order valence-corrected chi connectivity index (χ4v) is 5.99. The van der Waals surface area contributed by atoms with Crippen LogP contribution in [0.25, 0.3) is 0 Å². The average molecular weight is 376 g/mol. The second-order valence-corrected chi connectivity index (χ2v) is 8.93. The van der Waals surface area contributed by atoms with E-state index in [4.69, 9.17) is 4.74 Å². The average Bonchev–Trinajstić information content (AvgIpc) is 3.29. The fraction of sp³-hybridized carbons (Fsp3) is 0.500. The Morgan fingerprint density at radius 3 is 2.86 bits per heavy atom. The second-order valence-electron chi connectivity index (χ2n) is 8.93. The van der Waals surface area contributed by atoms with Gasteiger partial charge in [-0.05, 0) is 37.1 Å². The number of para-hydroxylation sites is 2. The molecule has 0 spiro atoms. The van der Waals surface area contributed by atoms with E-state index in [2.05, 4.69) is 64.2 Å². The van der Waals surface area contributed by atoms with Crippen molar-refractivity contribution in [1.82, 2.24) is 4.90 Å². The van der Waals surface area contributed by atoms with Gasteiger partial charge in [-0.25, -0.2) is 0 Å². The number of likely N-dealkylation sites (tertiary alicyclic amines) is 1. The molecule has 3 unspecified atom stereocenters. The van der Waals surface area contributed by atoms with Crippen molar-refractivity contribution >= 4 is 11.4 Å². The van der Waals surface area contributed by atoms with E-state index in [0.29, 0.717) is 17.9 Å². The zero-order valence-electron chi connectivity index (χ0n) is 16.7. The third kappa shape index (κ3) is 2.47. The first-order valence-electron chi connectivity index (χ1n) is 10.8. The zero-order valence-corrected chi connectivity index (χ0v) is 16.7. The zero-order chi connectivity index (χ0) is 18.7. The van der Waals surface area contributed by atoms with Crippen LogP contribution in [0.5, 0.6) is 5.75 Å². The molecule has 0 bridgehead atoms. The van der Waals surface area contributed by atoms with Gasteiger partial charge in [0.2, 0.25) is 0 Å². The summed E-state index contributed by atoms with van der Waals surface area (Å²) < 4.78 is 5.90. The molecule has 146 valence electrons. The molecule has 0 aliphatic carbocycles. The summed E-state index contributed by atoms with van der Waals surface area (Å²) in [5, 5.41) is 0. The minimum absolute atomic E-state index is 0.559. The Bertz CT molecular complexity index is 897. The highest BCUT2D eigenvalue weighted by atomic mass is 16.5. The Hall–Kier alpha value is -2.20. The van der Waals surface area contributed by atoms with E-state index in [0.717, 1.165) is 18.9 Å². The van der Waals surface area contributed by atoms with Crippen molar-refractivity contribution < 1.29 is 4.74 Å². The number of benzene rings is 2. The Labute approximate surface area is 167 Å². The monoisotopic (exact) mass is 375 g/mol. The van der Waals surface area contributed by atoms with Crippen LogP contribution >= 0.6 is 0 Å². The van der Waals surface area contributed by atoms with Gasteiger partial charge in [0.05, 0.1) is 18.0 Å². The number of piperidine rings is 1. The van der Waals surface area contributed by atoms with E-state index >= 15 is 0 Å². The molecule has 0 amide bonds. The Morgan fingerprint density at radius 2 is 1.89 bits per heavy atom. The van der Waals surface area contributed by atoms with Gasteiger partial charge in [-0.3, -0.25) is 0 Å². The predicted molar refractivity (Wildman–Crippen MR) is 114 cm³/mol. The van der Waals surface area contributed by atoms with E-state index in [1.54, 1.807) is 5.56 Å². The van der Waals surface area contributed by atoms with Crippen LogP contribution in [0.2, 0.25) is 0 Å². The molecule has 1 saturated heterocycles. The number of hydrogen-bond donors (Lipinski definition) is 0. The van der Waals surface area contributed by atoms with Crippen LogP contribution in [0.4, 0.5) is 11.4 Å². The third-order valence-electron chi connectivity index (χ3n) is 7.47. The maximum absolute atomic E-state index is 5.90. The number of ether oxygens (including phenoxy) is 1. The van der Waals surface area contributed by atoms with Gasteiger partial charge in [0, 0.05) is 56.7 Å². The summed E-state index contributed by atoms with van der Waals surface area (Å²) in [6.07, 6.45) is 2.49. The summed E-state index contributed by atoms with van der Waals surface area (Å²) >= 11 is 0. The van der Waals surface area contributed by atoms with Crippen molar-refractivity contribution in [3.8, 4) is 5.75 Å². The minimum Gasteiger partial charge on any atom is -0.493 e. The molecule has 2 aromatic rings. The molecule has 0 N–H and O–H groups in total. The van der Waals surface area contributed by atoms with Crippen molar-refractivity contribution in [1.29, 1.82) is 0 Å². The van der Waals surface area contributed by atoms with Gasteiger partial charge in [0.1, 0.15) is 5.75 Å². The molecule has 0 radical (unpaired) electrons. The van der Waals surface area contributed by atoms with Gasteiger partial charge in [-0.1, -0.05) is 30.3 Å². The molecule has 1 fully saturated rings. The molecule has 4 nitrogen and oxygen atoms in total. The molecular weight excluding hydrogens is 346 g/mol. The Kier molecular flexibility index (Phi) is 3.83. The summed E-state index contributed by atoms with van der Waals surface area (Å²) in [4.78, 5) is 7.87. The maximum Gasteiger partial charge on any atom is 0.122 e. The lowest BCUT2D eigenvalue weighted by atomic mass is 9.88. The van der Waals surface area contributed by atoms with Crippen molar-refractivity contribution in [2.45, 2.75) is 30.7 Å². The van der Waals surface area contributed by atoms with Crippen LogP contribution in [-0.2, 0) is 0 Å². The number of hydrogen-bond acceptors (Lipinski definition) is 4. The van der Waals surface area contributed by atoms with Crippen molar-refractivity contribution in [2.75, 3.05) is 56.2 Å². The number of anilines is 2. The number of rotatable bonds is 3. The van der Waals surface area contributed by atoms with Gasteiger partial charge in [-0.2, -0.15) is 0 Å². The predicted octanol–water partition coefficient (Wildman–Crippen LogP) is 3.68. The molecule has 4 aliphatic heterocycles. The third-order valence-corrected chi connectivity index (χ3v) is 7.47. The molecule has 3 atom stereocenters. The van der Waals surface area contributed by atoms with E-state index in [1.807, 2.05) is 0 Å². The van der Waals surface area contributed by atoms with E-state index in [1.165, 1.54) is 56.0 Å². The molecule has 6 rings (SSSR count). The Balaban J connectivity index is 1.18. The maximum atomic E-state index is 5.90. The van der Waals surface area contributed by atoms with Crippen molar-refractivity contribution in [3.05, 3.63) is 53.6 Å². The lowest BCUT2D eigenvalue weighted by molar-refractivity contribution is 0.184. The minimum atomic E-state index is 0.559. The molecule has 2 aromatic carbocycles. The first-order chi connectivity index (χ1) is 13.8. The van der Waals surface area contributed by atoms with Crippen LogP contribution in [0.3, 0.4) is 0 Å². The van der Waals surface area contributed by atoms with Crippen molar-refractivity contribution in [3.63, 3.8) is 0 Å². The van der Waals surface area contributed by atoms with E-state index in [9.17, 15) is 0 Å². The molecule has 4 heterocycles. The second kappa shape index (κ2) is 6.41. The number of fused-ring (bicyclic) bond motifs is 4. The first-order valence-corrected chi connectivity index (χ1v) is 10.8. The van der Waals surface area contributed by atoms with E-state index < -0.39 is 0 Å². The molecular formula is C24H29N3O. The largest absolute Gasteiger partial charge is 0.493 e. The summed E-state index contributed by atoms with van der Waals surface area (Å²) in [6, 6.07) is 16.2. The smallest absolute Gasteiger partial charge is 0.122 e. The molecule has 4 heteroatoms. The van der Waals surface area contributed by atoms with Gasteiger partial charge >= 0.3 is 0 Å². The lowest BCUT2D eigenvalue weighted by Gasteiger charge is -2.41. The SMILES string of the molecule is CN1CCN2c3c(cccc31)C1CN(CCC3COc4ccccc43)CCC12. The highest BCUT2D eigenvalue weighted by Crippen LogP contribution is 2.50. The van der Waals surface area contributed by atoms with Gasteiger partial charge in [0.25, 0.3) is 0 Å². The van der Waals surface area contributed by atoms with Crippen LogP contribution in [0.15, 0.2) is 42.5 Å². The Morgan fingerprint density at radius 1 is 1.00 bits per heavy atom. The van der Waals surface area contributed by atoms with Crippen LogP contribution in [0, 0.1) is 0 Å². The number of nitrogens with zero attached hydrogens (tertiary/aromatic N) is 3. The highest BCUT2D eigenvalue weighted by molar-refractivity contribution is 5.80. The molecule has 28 heavy (non-hydrogen) atoms. The first kappa shape index (κ1) is 16.7. The van der Waals surface area contributed by atoms with Crippen LogP contribution in [-0.4, -0.2) is 57.3 Å². The molecule has 0 aromatic heterocycles. The fourth-order valence-electron chi connectivity index (χ4n) is 5.99. The summed E-state index contributed by atoms with van der Waals surface area (Å²) in [6.45, 7) is 6.79. The normalized spacial score (nSPS) is 28.0. The lowest BCUT2D eigenvalue weighted by Crippen LogP contribution is -2.49. The van der Waals surface area contributed by atoms with Gasteiger partial charge < -0.3 is 19.4 Å². The summed E-state index contributed by atoms with van der Waals surface area (Å²) in [5.41, 5.74) is 5.97. The summed E-state index contributed by atoms with van der Waals surface area (Å²) in [5.74, 6) is 2.33. The van der Waals surface area contributed by atoms with Crippen LogP contribution < -0.4 is 14.5 Å². The molecule has 4 aliphatic rings. The van der Waals surface area contributed by atoms with E-state index in [-0.39, 0.29) is 0 Å². The quantitative estimate of drug-likeness (QED) is 0.815. The standard InChI is InChI=1S/C24H29N3O/c1-25-13-14-27-21-10-12-26(15-20(21)19-6-4-7-22(25)24(19)27)11-9-17-16-28-23-8-3-2-5-18(17)23/h2-8,17,20-21H,9-16H2,1H3.